The summed E-state index contributed by atoms with van der Waals surface area (Å²) < 4.78 is 1.46. The van der Waals surface area contributed by atoms with Crippen LogP contribution in [0.5, 0.6) is 0 Å². The predicted octanol–water partition coefficient (Wildman–Crippen LogP) is 2.15. The molecule has 0 bridgehead atoms. The molecule has 21 heavy (non-hydrogen) atoms. The number of hydrogen-bond acceptors (Lipinski definition) is 4. The Morgan fingerprint density at radius 2 is 1.90 bits per heavy atom. The van der Waals surface area contributed by atoms with Crippen LogP contribution in [-0.2, 0) is 12.6 Å². The number of nitrogens with zero attached hydrogens (tertiary/aromatic N) is 2. The molecule has 0 radical (unpaired) electrons. The Balaban J connectivity index is 2.62. The van der Waals surface area contributed by atoms with Gasteiger partial charge in [-0.25, -0.2) is 0 Å². The zero-order valence-electron chi connectivity index (χ0n) is 12.2. The topological polar surface area (TPSA) is 91.2 Å². The molecule has 1 aromatic heterocycles. The first-order valence-electron chi connectivity index (χ1n) is 6.46. The van der Waals surface area contributed by atoms with Gasteiger partial charge in [0.15, 0.2) is 0 Å². The monoisotopic (exact) mass is 287 g/mol. The van der Waals surface area contributed by atoms with Gasteiger partial charge < -0.3 is 10.3 Å². The van der Waals surface area contributed by atoms with Gasteiger partial charge in [0, 0.05) is 35.8 Å². The number of nitro benzene ring substituents is 1. The fourth-order valence-corrected chi connectivity index (χ4v) is 2.19. The van der Waals surface area contributed by atoms with Crippen LogP contribution in [0.15, 0.2) is 41.2 Å². The molecule has 2 rings (SSSR count). The molecule has 2 N–H and O–H groups in total. The number of non-ortho nitro benzene ring substituents is 1. The molecular formula is C15H17N3O3. The minimum Gasteiger partial charge on any atom is -0.322 e. The lowest BCUT2D eigenvalue weighted by Crippen LogP contribution is -2.37. The molecule has 0 unspecified atom stereocenters. The van der Waals surface area contributed by atoms with E-state index in [0.29, 0.717) is 16.8 Å². The van der Waals surface area contributed by atoms with E-state index in [1.165, 1.54) is 16.7 Å². The minimum atomic E-state index is -0.740. The van der Waals surface area contributed by atoms with E-state index in [1.807, 2.05) is 0 Å². The smallest absolute Gasteiger partial charge is 0.270 e. The fraction of sp³-hybridized carbons (Fsp3) is 0.267. The van der Waals surface area contributed by atoms with Crippen LogP contribution in [-0.4, -0.2) is 9.49 Å². The molecule has 0 saturated heterocycles. The van der Waals surface area contributed by atoms with E-state index < -0.39 is 10.5 Å². The lowest BCUT2D eigenvalue weighted by atomic mass is 9.96. The van der Waals surface area contributed by atoms with Crippen LogP contribution in [0, 0.1) is 10.1 Å². The van der Waals surface area contributed by atoms with Gasteiger partial charge in [-0.15, -0.1) is 0 Å². The fourth-order valence-electron chi connectivity index (χ4n) is 2.19. The van der Waals surface area contributed by atoms with E-state index in [0.717, 1.165) is 0 Å². The summed E-state index contributed by atoms with van der Waals surface area (Å²) in [6, 6.07) is 9.62. The number of nitrogens with two attached hydrogens (primary N) is 1. The minimum absolute atomic E-state index is 0.0109. The van der Waals surface area contributed by atoms with Gasteiger partial charge in [-0.1, -0.05) is 12.1 Å². The van der Waals surface area contributed by atoms with Crippen molar-refractivity contribution in [3.8, 4) is 11.3 Å². The first-order chi connectivity index (χ1) is 9.71. The van der Waals surface area contributed by atoms with E-state index in [9.17, 15) is 14.9 Å². The average Bonchev–Trinajstić information content (AvgIpc) is 2.40. The maximum atomic E-state index is 12.4. The number of aromatic nitrogens is 1. The molecule has 6 heteroatoms. The lowest BCUT2D eigenvalue weighted by molar-refractivity contribution is -0.384. The van der Waals surface area contributed by atoms with Crippen molar-refractivity contribution in [3.63, 3.8) is 0 Å². The molecule has 1 aromatic carbocycles. The maximum absolute atomic E-state index is 12.4. The standard InChI is InChI=1S/C15H17N3O3/c1-15(2,16)12-7-8-13(17(3)14(12)19)10-5-4-6-11(9-10)18(20)21/h4-9H,16H2,1-3H3. The maximum Gasteiger partial charge on any atom is 0.270 e. The van der Waals surface area contributed by atoms with Crippen LogP contribution in [0.1, 0.15) is 19.4 Å². The zero-order chi connectivity index (χ0) is 15.8. The summed E-state index contributed by atoms with van der Waals surface area (Å²) in [7, 11) is 1.63. The normalized spacial score (nSPS) is 11.4. The van der Waals surface area contributed by atoms with Gasteiger partial charge in [0.1, 0.15) is 0 Å². The summed E-state index contributed by atoms with van der Waals surface area (Å²) >= 11 is 0. The van der Waals surface area contributed by atoms with Gasteiger partial charge in [0.2, 0.25) is 0 Å². The number of hydrogen-bond donors (Lipinski definition) is 1. The quantitative estimate of drug-likeness (QED) is 0.691. The van der Waals surface area contributed by atoms with E-state index in [2.05, 4.69) is 0 Å². The molecule has 0 aliphatic heterocycles. The molecule has 0 amide bonds. The van der Waals surface area contributed by atoms with Crippen LogP contribution in [0.4, 0.5) is 5.69 Å². The van der Waals surface area contributed by atoms with Crippen LogP contribution in [0.25, 0.3) is 11.3 Å². The van der Waals surface area contributed by atoms with Crippen molar-refractivity contribution in [2.75, 3.05) is 0 Å². The first-order valence-corrected chi connectivity index (χ1v) is 6.46. The second-order valence-electron chi connectivity index (χ2n) is 5.53. The summed E-state index contributed by atoms with van der Waals surface area (Å²) in [6.07, 6.45) is 0. The Morgan fingerprint density at radius 1 is 1.24 bits per heavy atom. The van der Waals surface area contributed by atoms with E-state index in [4.69, 9.17) is 5.73 Å². The summed E-state index contributed by atoms with van der Waals surface area (Å²) in [6.45, 7) is 3.52. The van der Waals surface area contributed by atoms with Gasteiger partial charge in [0.25, 0.3) is 11.2 Å². The summed E-state index contributed by atoms with van der Waals surface area (Å²) in [5, 5.41) is 10.8. The van der Waals surface area contributed by atoms with E-state index in [-0.39, 0.29) is 11.2 Å². The third-order valence-corrected chi connectivity index (χ3v) is 3.35. The van der Waals surface area contributed by atoms with Gasteiger partial charge >= 0.3 is 0 Å². The third kappa shape index (κ3) is 2.85. The van der Waals surface area contributed by atoms with E-state index >= 15 is 0 Å². The lowest BCUT2D eigenvalue weighted by Gasteiger charge is -2.20. The third-order valence-electron chi connectivity index (χ3n) is 3.35. The zero-order valence-corrected chi connectivity index (χ0v) is 12.2. The largest absolute Gasteiger partial charge is 0.322 e. The second-order valence-corrected chi connectivity index (χ2v) is 5.53. The molecule has 0 saturated carbocycles. The van der Waals surface area contributed by atoms with Crippen molar-refractivity contribution in [1.82, 2.24) is 4.57 Å². The molecule has 0 aliphatic carbocycles. The number of rotatable bonds is 3. The first kappa shape index (κ1) is 14.9. The van der Waals surface area contributed by atoms with Gasteiger partial charge in [0.05, 0.1) is 10.6 Å². The highest BCUT2D eigenvalue weighted by molar-refractivity contribution is 5.63. The van der Waals surface area contributed by atoms with Crippen LogP contribution in [0.3, 0.4) is 0 Å². The molecule has 0 atom stereocenters. The van der Waals surface area contributed by atoms with E-state index in [1.54, 1.807) is 45.2 Å². The van der Waals surface area contributed by atoms with Crippen LogP contribution in [0.2, 0.25) is 0 Å². The molecule has 6 nitrogen and oxygen atoms in total. The number of pyridine rings is 1. The molecule has 0 aliphatic rings. The predicted molar refractivity (Wildman–Crippen MR) is 81.0 cm³/mol. The second kappa shape index (κ2) is 5.14. The van der Waals surface area contributed by atoms with Crippen molar-refractivity contribution in [1.29, 1.82) is 0 Å². The Kier molecular flexibility index (Phi) is 3.65. The highest BCUT2D eigenvalue weighted by Crippen LogP contribution is 2.24. The molecule has 1 heterocycles. The summed E-state index contributed by atoms with van der Waals surface area (Å²) in [4.78, 5) is 22.8. The molecule has 0 fully saturated rings. The number of nitro groups is 1. The van der Waals surface area contributed by atoms with Crippen LogP contribution >= 0.6 is 0 Å². The highest BCUT2D eigenvalue weighted by Gasteiger charge is 2.20. The van der Waals surface area contributed by atoms with Crippen molar-refractivity contribution in [2.45, 2.75) is 19.4 Å². The Bertz CT molecular complexity index is 757. The Hall–Kier alpha value is -2.47. The van der Waals surface area contributed by atoms with Gasteiger partial charge in [-0.3, -0.25) is 14.9 Å². The van der Waals surface area contributed by atoms with Crippen molar-refractivity contribution in [2.24, 2.45) is 12.8 Å². The van der Waals surface area contributed by atoms with Crippen molar-refractivity contribution < 1.29 is 4.92 Å². The average molecular weight is 287 g/mol. The molecule has 110 valence electrons. The Labute approximate surface area is 122 Å². The Morgan fingerprint density at radius 3 is 2.48 bits per heavy atom. The van der Waals surface area contributed by atoms with Gasteiger partial charge in [-0.05, 0) is 26.0 Å². The van der Waals surface area contributed by atoms with Crippen molar-refractivity contribution >= 4 is 5.69 Å². The number of benzene rings is 1. The highest BCUT2D eigenvalue weighted by atomic mass is 16.6. The molecule has 0 spiro atoms. The van der Waals surface area contributed by atoms with Gasteiger partial charge in [-0.2, -0.15) is 0 Å². The molecular weight excluding hydrogens is 270 g/mol. The van der Waals surface area contributed by atoms with Crippen molar-refractivity contribution in [3.05, 3.63) is 62.4 Å². The molecule has 2 aromatic rings. The SMILES string of the molecule is Cn1c(-c2cccc([N+](=O)[O-])c2)ccc(C(C)(C)N)c1=O. The summed E-state index contributed by atoms with van der Waals surface area (Å²) in [5.74, 6) is 0. The summed E-state index contributed by atoms with van der Waals surface area (Å²) in [5.41, 5.74) is 6.75. The van der Waals surface area contributed by atoms with Crippen LogP contribution < -0.4 is 11.3 Å².